The van der Waals surface area contributed by atoms with Gasteiger partial charge in [-0.25, -0.2) is 10.8 Å². The molecule has 1 amide bonds. The van der Waals surface area contributed by atoms with E-state index >= 15 is 0 Å². The second-order valence-corrected chi connectivity index (χ2v) is 4.51. The third-order valence-corrected chi connectivity index (χ3v) is 2.95. The van der Waals surface area contributed by atoms with Crippen molar-refractivity contribution in [2.24, 2.45) is 5.84 Å². The van der Waals surface area contributed by atoms with Gasteiger partial charge in [0.2, 0.25) is 0 Å². The molecule has 0 spiro atoms. The summed E-state index contributed by atoms with van der Waals surface area (Å²) >= 11 is 3.29. The maximum atomic E-state index is 12.2. The maximum absolute atomic E-state index is 12.2. The quantitative estimate of drug-likeness (QED) is 0.618. The van der Waals surface area contributed by atoms with Crippen molar-refractivity contribution in [3.05, 3.63) is 22.3 Å². The van der Waals surface area contributed by atoms with Gasteiger partial charge in [-0.05, 0) is 22.0 Å². The van der Waals surface area contributed by atoms with E-state index in [0.717, 1.165) is 4.47 Å². The minimum Gasteiger partial charge on any atom is -0.378 e. The van der Waals surface area contributed by atoms with E-state index in [4.69, 9.17) is 10.6 Å². The van der Waals surface area contributed by atoms with Gasteiger partial charge in [-0.2, -0.15) is 0 Å². The molecule has 17 heavy (non-hydrogen) atoms. The summed E-state index contributed by atoms with van der Waals surface area (Å²) in [4.78, 5) is 18.0. The highest BCUT2D eigenvalue weighted by atomic mass is 79.9. The van der Waals surface area contributed by atoms with Crippen molar-refractivity contribution in [2.75, 3.05) is 31.7 Å². The van der Waals surface area contributed by atoms with E-state index in [1.165, 1.54) is 0 Å². The molecule has 0 radical (unpaired) electrons. The number of morpholine rings is 1. The molecule has 0 unspecified atom stereocenters. The zero-order chi connectivity index (χ0) is 12.3. The molecule has 0 bridgehead atoms. The number of nitrogens with zero attached hydrogens (tertiary/aromatic N) is 2. The van der Waals surface area contributed by atoms with Gasteiger partial charge < -0.3 is 15.1 Å². The smallest absolute Gasteiger partial charge is 0.257 e. The van der Waals surface area contributed by atoms with Gasteiger partial charge in [-0.3, -0.25) is 4.79 Å². The SMILES string of the molecule is NNc1ncc(Br)cc1C(=O)N1CCOCC1. The number of carbonyl (C=O) groups excluding carboxylic acids is 1. The largest absolute Gasteiger partial charge is 0.378 e. The Hall–Kier alpha value is -1.18. The van der Waals surface area contributed by atoms with Crippen LogP contribution >= 0.6 is 15.9 Å². The van der Waals surface area contributed by atoms with Crippen LogP contribution in [0.2, 0.25) is 0 Å². The Bertz CT molecular complexity index is 421. The number of ether oxygens (including phenoxy) is 1. The van der Waals surface area contributed by atoms with Gasteiger partial charge in [0.1, 0.15) is 0 Å². The van der Waals surface area contributed by atoms with E-state index < -0.39 is 0 Å². The van der Waals surface area contributed by atoms with Crippen LogP contribution in [0.15, 0.2) is 16.7 Å². The predicted molar refractivity (Wildman–Crippen MR) is 66.5 cm³/mol. The van der Waals surface area contributed by atoms with Gasteiger partial charge in [0.25, 0.3) is 5.91 Å². The lowest BCUT2D eigenvalue weighted by Crippen LogP contribution is -2.41. The molecule has 0 saturated carbocycles. The maximum Gasteiger partial charge on any atom is 0.257 e. The van der Waals surface area contributed by atoms with Crippen LogP contribution < -0.4 is 11.3 Å². The van der Waals surface area contributed by atoms with Crippen LogP contribution in [0.5, 0.6) is 0 Å². The van der Waals surface area contributed by atoms with Crippen LogP contribution in [0.1, 0.15) is 10.4 Å². The summed E-state index contributed by atoms with van der Waals surface area (Å²) in [5, 5.41) is 0. The molecule has 1 aromatic heterocycles. The topological polar surface area (TPSA) is 80.5 Å². The van der Waals surface area contributed by atoms with Crippen molar-refractivity contribution < 1.29 is 9.53 Å². The number of nitrogens with two attached hydrogens (primary N) is 1. The lowest BCUT2D eigenvalue weighted by atomic mass is 10.2. The normalized spacial score (nSPS) is 15.8. The Morgan fingerprint density at radius 3 is 2.88 bits per heavy atom. The van der Waals surface area contributed by atoms with Crippen LogP contribution in [0, 0.1) is 0 Å². The zero-order valence-corrected chi connectivity index (χ0v) is 10.7. The number of amides is 1. The standard InChI is InChI=1S/C10H13BrN4O2/c11-7-5-8(9(14-12)13-6-7)10(16)15-1-3-17-4-2-15/h5-6H,1-4,12H2,(H,13,14). The molecule has 0 aliphatic carbocycles. The number of anilines is 1. The Morgan fingerprint density at radius 1 is 1.53 bits per heavy atom. The summed E-state index contributed by atoms with van der Waals surface area (Å²) < 4.78 is 5.95. The molecule has 2 heterocycles. The van der Waals surface area contributed by atoms with Gasteiger partial charge >= 0.3 is 0 Å². The highest BCUT2D eigenvalue weighted by Gasteiger charge is 2.21. The van der Waals surface area contributed by atoms with E-state index in [0.29, 0.717) is 37.7 Å². The van der Waals surface area contributed by atoms with Crippen molar-refractivity contribution in [2.45, 2.75) is 0 Å². The minimum absolute atomic E-state index is 0.0879. The molecule has 92 valence electrons. The van der Waals surface area contributed by atoms with Gasteiger partial charge in [-0.15, -0.1) is 0 Å². The van der Waals surface area contributed by atoms with Gasteiger partial charge in [-0.1, -0.05) is 0 Å². The van der Waals surface area contributed by atoms with Crippen LogP contribution in [-0.4, -0.2) is 42.1 Å². The first-order valence-electron chi connectivity index (χ1n) is 5.21. The first-order chi connectivity index (χ1) is 8.22. The number of hydrazine groups is 1. The first-order valence-corrected chi connectivity index (χ1v) is 6.01. The van der Waals surface area contributed by atoms with E-state index in [1.807, 2.05) is 0 Å². The van der Waals surface area contributed by atoms with Crippen LogP contribution in [0.4, 0.5) is 5.82 Å². The highest BCUT2D eigenvalue weighted by Crippen LogP contribution is 2.19. The number of hydrogen-bond acceptors (Lipinski definition) is 5. The summed E-state index contributed by atoms with van der Waals surface area (Å²) in [5.41, 5.74) is 2.89. The average Bonchev–Trinajstić information content (AvgIpc) is 2.39. The van der Waals surface area contributed by atoms with Crippen LogP contribution in [0.25, 0.3) is 0 Å². The summed E-state index contributed by atoms with van der Waals surface area (Å²) in [7, 11) is 0. The second-order valence-electron chi connectivity index (χ2n) is 3.60. The molecule has 1 aromatic rings. The minimum atomic E-state index is -0.0879. The molecule has 1 saturated heterocycles. The lowest BCUT2D eigenvalue weighted by molar-refractivity contribution is 0.0303. The second kappa shape index (κ2) is 5.44. The first kappa shape index (κ1) is 12.3. The number of rotatable bonds is 2. The Kier molecular flexibility index (Phi) is 3.93. The number of nitrogen functional groups attached to an aromatic ring is 1. The number of nitrogens with one attached hydrogen (secondary N) is 1. The fourth-order valence-corrected chi connectivity index (χ4v) is 1.99. The highest BCUT2D eigenvalue weighted by molar-refractivity contribution is 9.10. The molecular formula is C10H13BrN4O2. The average molecular weight is 301 g/mol. The monoisotopic (exact) mass is 300 g/mol. The van der Waals surface area contributed by atoms with E-state index in [9.17, 15) is 4.79 Å². The Morgan fingerprint density at radius 2 is 2.24 bits per heavy atom. The molecule has 7 heteroatoms. The third-order valence-electron chi connectivity index (χ3n) is 2.52. The molecule has 1 aliphatic heterocycles. The van der Waals surface area contributed by atoms with Crippen molar-refractivity contribution in [3.8, 4) is 0 Å². The molecule has 1 aliphatic rings. The van der Waals surface area contributed by atoms with Crippen molar-refractivity contribution in [3.63, 3.8) is 0 Å². The number of aromatic nitrogens is 1. The molecule has 1 fully saturated rings. The predicted octanol–water partition coefficient (Wildman–Crippen LogP) is 0.602. The summed E-state index contributed by atoms with van der Waals surface area (Å²) in [6, 6.07) is 1.71. The van der Waals surface area contributed by atoms with E-state index in [2.05, 4.69) is 26.3 Å². The van der Waals surface area contributed by atoms with Gasteiger partial charge in [0.15, 0.2) is 5.82 Å². The van der Waals surface area contributed by atoms with Gasteiger partial charge in [0, 0.05) is 23.8 Å². The molecule has 0 aromatic carbocycles. The van der Waals surface area contributed by atoms with Crippen molar-refractivity contribution >= 4 is 27.7 Å². The number of pyridine rings is 1. The van der Waals surface area contributed by atoms with Crippen LogP contribution in [0.3, 0.4) is 0 Å². The van der Waals surface area contributed by atoms with E-state index in [-0.39, 0.29) is 5.91 Å². The fourth-order valence-electron chi connectivity index (χ4n) is 1.65. The number of halogens is 1. The summed E-state index contributed by atoms with van der Waals surface area (Å²) in [5.74, 6) is 5.64. The molecular weight excluding hydrogens is 288 g/mol. The molecule has 6 nitrogen and oxygen atoms in total. The Labute approximate surface area is 107 Å². The molecule has 0 atom stereocenters. The zero-order valence-electron chi connectivity index (χ0n) is 9.15. The number of carbonyl (C=O) groups is 1. The lowest BCUT2D eigenvalue weighted by Gasteiger charge is -2.27. The third kappa shape index (κ3) is 2.74. The van der Waals surface area contributed by atoms with E-state index in [1.54, 1.807) is 17.2 Å². The summed E-state index contributed by atoms with van der Waals surface area (Å²) in [6.45, 7) is 2.32. The van der Waals surface area contributed by atoms with Crippen LogP contribution in [-0.2, 0) is 4.74 Å². The fraction of sp³-hybridized carbons (Fsp3) is 0.400. The van der Waals surface area contributed by atoms with Crippen molar-refractivity contribution in [1.29, 1.82) is 0 Å². The summed E-state index contributed by atoms with van der Waals surface area (Å²) in [6.07, 6.45) is 1.59. The molecule has 2 rings (SSSR count). The molecule has 3 N–H and O–H groups in total. The van der Waals surface area contributed by atoms with Gasteiger partial charge in [0.05, 0.1) is 18.8 Å². The Balaban J connectivity index is 2.25. The van der Waals surface area contributed by atoms with Crippen molar-refractivity contribution in [1.82, 2.24) is 9.88 Å². The number of hydrogen-bond donors (Lipinski definition) is 2.